The molecule has 0 aromatic rings. The molecule has 0 radical (unpaired) electrons. The molecule has 0 fully saturated rings. The molecular weight excluding hydrogens is 296 g/mol. The van der Waals surface area contributed by atoms with Gasteiger partial charge >= 0.3 is 23.9 Å². The van der Waals surface area contributed by atoms with Crippen LogP contribution in [0.3, 0.4) is 0 Å². The van der Waals surface area contributed by atoms with E-state index in [-0.39, 0.29) is 0 Å². The Morgan fingerprint density at radius 2 is 0.955 bits per heavy atom. The molecule has 2 atom stereocenters. The van der Waals surface area contributed by atoms with Gasteiger partial charge in [-0.15, -0.1) is 0 Å². The monoisotopic (exact) mass is 312 g/mol. The van der Waals surface area contributed by atoms with Gasteiger partial charge in [-0.2, -0.15) is 0 Å². The minimum atomic E-state index is -1.15. The summed E-state index contributed by atoms with van der Waals surface area (Å²) in [5.74, 6) is -3.39. The molecule has 0 heterocycles. The molecule has 0 aliphatic carbocycles. The fourth-order valence-corrected chi connectivity index (χ4v) is 1.01. The first kappa shape index (κ1) is 19.1. The van der Waals surface area contributed by atoms with Gasteiger partial charge in [-0.05, 0) is 0 Å². The minimum absolute atomic E-state index is 0.762. The zero-order valence-electron chi connectivity index (χ0n) is 12.1. The summed E-state index contributed by atoms with van der Waals surface area (Å²) in [6, 6.07) is 0. The van der Waals surface area contributed by atoms with Crippen molar-refractivity contribution in [1.29, 1.82) is 0 Å². The van der Waals surface area contributed by atoms with Crippen molar-refractivity contribution in [3.05, 3.63) is 37.5 Å². The van der Waals surface area contributed by atoms with E-state index < -0.39 is 36.5 Å². The zero-order chi connectivity index (χ0) is 17.1. The highest BCUT2D eigenvalue weighted by atomic mass is 16.7. The number of ether oxygens (including phenoxy) is 4. The maximum atomic E-state index is 11.3. The lowest BCUT2D eigenvalue weighted by atomic mass is 10.5. The third-order valence-corrected chi connectivity index (χ3v) is 1.82. The van der Waals surface area contributed by atoms with Gasteiger partial charge in [0.1, 0.15) is 0 Å². The van der Waals surface area contributed by atoms with Crippen LogP contribution >= 0.6 is 0 Å². The Bertz CT molecular complexity index is 447. The summed E-state index contributed by atoms with van der Waals surface area (Å²) < 4.78 is 18.4. The summed E-state index contributed by atoms with van der Waals surface area (Å²) in [5.41, 5.74) is 0. The van der Waals surface area contributed by atoms with Crippen molar-refractivity contribution in [3.63, 3.8) is 0 Å². The highest BCUT2D eigenvalue weighted by molar-refractivity contribution is 5.92. The van der Waals surface area contributed by atoms with Gasteiger partial charge in [0.15, 0.2) is 0 Å². The van der Waals surface area contributed by atoms with E-state index in [1.165, 1.54) is 13.8 Å². The Kier molecular flexibility index (Phi) is 8.61. The molecule has 0 bridgehead atoms. The maximum Gasteiger partial charge on any atom is 0.334 e. The van der Waals surface area contributed by atoms with E-state index in [4.69, 9.17) is 0 Å². The second-order valence-corrected chi connectivity index (χ2v) is 3.62. The van der Waals surface area contributed by atoms with Gasteiger partial charge in [0.2, 0.25) is 12.6 Å². The molecule has 8 heteroatoms. The van der Waals surface area contributed by atoms with Crippen LogP contribution in [0, 0.1) is 0 Å². The lowest BCUT2D eigenvalue weighted by molar-refractivity contribution is -0.180. The van der Waals surface area contributed by atoms with E-state index in [1.54, 1.807) is 0 Å². The fourth-order valence-electron chi connectivity index (χ4n) is 1.01. The molecule has 0 amide bonds. The molecule has 0 spiro atoms. The summed E-state index contributed by atoms with van der Waals surface area (Å²) in [7, 11) is 0. The van der Waals surface area contributed by atoms with Gasteiger partial charge in [0.25, 0.3) is 0 Å². The van der Waals surface area contributed by atoms with Crippen LogP contribution in [0.15, 0.2) is 37.5 Å². The topological polar surface area (TPSA) is 105 Å². The quantitative estimate of drug-likeness (QED) is 0.368. The van der Waals surface area contributed by atoms with Crippen molar-refractivity contribution in [2.45, 2.75) is 26.4 Å². The summed E-state index contributed by atoms with van der Waals surface area (Å²) in [5, 5.41) is 0. The molecule has 2 unspecified atom stereocenters. The Balaban J connectivity index is 4.23. The first-order valence-electron chi connectivity index (χ1n) is 6.04. The Hall–Kier alpha value is -2.90. The SMILES string of the molecule is C=CC(=O)OC(C)OC(=O)/C=C/C(=O)OC(C)OC(=O)C=C. The lowest BCUT2D eigenvalue weighted by Gasteiger charge is -2.12. The molecule has 0 saturated heterocycles. The second kappa shape index (κ2) is 9.92. The van der Waals surface area contributed by atoms with E-state index in [9.17, 15) is 19.2 Å². The number of rotatable bonds is 8. The molecule has 0 saturated carbocycles. The lowest BCUT2D eigenvalue weighted by Crippen LogP contribution is -2.21. The van der Waals surface area contributed by atoms with Crippen molar-refractivity contribution in [2.75, 3.05) is 0 Å². The van der Waals surface area contributed by atoms with E-state index in [2.05, 4.69) is 32.1 Å². The third kappa shape index (κ3) is 9.08. The summed E-state index contributed by atoms with van der Waals surface area (Å²) in [6.45, 7) is 8.96. The molecule has 0 aromatic heterocycles. The first-order chi connectivity index (χ1) is 10.3. The van der Waals surface area contributed by atoms with Crippen molar-refractivity contribution in [3.8, 4) is 0 Å². The second-order valence-electron chi connectivity index (χ2n) is 3.62. The summed E-state index contributed by atoms with van der Waals surface area (Å²) in [6.07, 6.45) is 1.05. The Morgan fingerprint density at radius 1 is 0.682 bits per heavy atom. The van der Waals surface area contributed by atoms with Crippen LogP contribution in [0.5, 0.6) is 0 Å². The van der Waals surface area contributed by atoms with Crippen molar-refractivity contribution in [2.24, 2.45) is 0 Å². The number of hydrogen-bond donors (Lipinski definition) is 0. The zero-order valence-corrected chi connectivity index (χ0v) is 12.1. The van der Waals surface area contributed by atoms with Crippen molar-refractivity contribution in [1.82, 2.24) is 0 Å². The van der Waals surface area contributed by atoms with Crippen molar-refractivity contribution >= 4 is 23.9 Å². The fraction of sp³-hybridized carbons (Fsp3) is 0.286. The summed E-state index contributed by atoms with van der Waals surface area (Å²) in [4.78, 5) is 44.3. The molecule has 22 heavy (non-hydrogen) atoms. The smallest absolute Gasteiger partial charge is 0.334 e. The van der Waals surface area contributed by atoms with Gasteiger partial charge in [-0.25, -0.2) is 19.2 Å². The Labute approximate surface area is 127 Å². The normalized spacial score (nSPS) is 12.6. The molecule has 0 rings (SSSR count). The van der Waals surface area contributed by atoms with Crippen LogP contribution in [0.25, 0.3) is 0 Å². The van der Waals surface area contributed by atoms with E-state index in [0.29, 0.717) is 0 Å². The van der Waals surface area contributed by atoms with Crippen LogP contribution in [0.2, 0.25) is 0 Å². The van der Waals surface area contributed by atoms with E-state index in [0.717, 1.165) is 24.3 Å². The maximum absolute atomic E-state index is 11.3. The van der Waals surface area contributed by atoms with E-state index in [1.807, 2.05) is 0 Å². The molecule has 8 nitrogen and oxygen atoms in total. The highest BCUT2D eigenvalue weighted by Gasteiger charge is 2.12. The number of hydrogen-bond acceptors (Lipinski definition) is 8. The van der Waals surface area contributed by atoms with Crippen LogP contribution in [-0.2, 0) is 38.1 Å². The van der Waals surface area contributed by atoms with Gasteiger partial charge in [0.05, 0.1) is 0 Å². The average molecular weight is 312 g/mol. The first-order valence-corrected chi connectivity index (χ1v) is 6.04. The predicted octanol–water partition coefficient (Wildman–Crippen LogP) is 0.779. The van der Waals surface area contributed by atoms with Crippen LogP contribution in [-0.4, -0.2) is 36.5 Å². The highest BCUT2D eigenvalue weighted by Crippen LogP contribution is 1.99. The predicted molar refractivity (Wildman–Crippen MR) is 72.8 cm³/mol. The molecule has 0 aromatic carbocycles. The molecule has 0 aliphatic heterocycles. The van der Waals surface area contributed by atoms with Crippen LogP contribution < -0.4 is 0 Å². The van der Waals surface area contributed by atoms with Crippen LogP contribution in [0.1, 0.15) is 13.8 Å². The van der Waals surface area contributed by atoms with Gasteiger partial charge in [0, 0.05) is 38.2 Å². The third-order valence-electron chi connectivity index (χ3n) is 1.82. The molecule has 120 valence electrons. The largest absolute Gasteiger partial charge is 0.422 e. The average Bonchev–Trinajstić information content (AvgIpc) is 2.44. The molecule has 0 N–H and O–H groups in total. The number of esters is 4. The van der Waals surface area contributed by atoms with Gasteiger partial charge in [-0.1, -0.05) is 13.2 Å². The van der Waals surface area contributed by atoms with E-state index >= 15 is 0 Å². The number of carbonyl (C=O) groups excluding carboxylic acids is 4. The standard InChI is InChI=1S/C14H16O8/c1-5-11(15)19-9(3)21-13(17)7-8-14(18)22-10(4)20-12(16)6-2/h5-10H,1-2H2,3-4H3/b8-7+. The molecule has 0 aliphatic rings. The van der Waals surface area contributed by atoms with Gasteiger partial charge < -0.3 is 18.9 Å². The summed E-state index contributed by atoms with van der Waals surface area (Å²) >= 11 is 0. The van der Waals surface area contributed by atoms with Crippen LogP contribution in [0.4, 0.5) is 0 Å². The van der Waals surface area contributed by atoms with Gasteiger partial charge in [-0.3, -0.25) is 0 Å². The Morgan fingerprint density at radius 3 is 1.23 bits per heavy atom. The number of carbonyl (C=O) groups is 4. The minimum Gasteiger partial charge on any atom is -0.422 e. The molecular formula is C14H16O8. The van der Waals surface area contributed by atoms with Crippen molar-refractivity contribution < 1.29 is 38.1 Å².